The third kappa shape index (κ3) is 2.04. The van der Waals surface area contributed by atoms with E-state index in [4.69, 9.17) is 5.73 Å². The van der Waals surface area contributed by atoms with E-state index in [1.54, 1.807) is 19.2 Å². The SMILES string of the molecule is CNc1nn(-c2ccccc2)c(N)c1S(C)(=O)=O. The molecule has 96 valence electrons. The number of rotatable bonds is 3. The van der Waals surface area contributed by atoms with Crippen molar-refractivity contribution in [3.05, 3.63) is 30.3 Å². The quantitative estimate of drug-likeness (QED) is 0.861. The van der Waals surface area contributed by atoms with Crippen LogP contribution in [-0.4, -0.2) is 31.5 Å². The molecular formula is C11H14N4O2S. The minimum absolute atomic E-state index is 0.0221. The Balaban J connectivity index is 2.70. The Morgan fingerprint density at radius 2 is 1.89 bits per heavy atom. The zero-order chi connectivity index (χ0) is 13.3. The fourth-order valence-corrected chi connectivity index (χ4v) is 2.67. The number of anilines is 2. The monoisotopic (exact) mass is 266 g/mol. The van der Waals surface area contributed by atoms with Crippen molar-refractivity contribution >= 4 is 21.5 Å². The summed E-state index contributed by atoms with van der Waals surface area (Å²) in [5.41, 5.74) is 6.59. The Bertz CT molecular complexity index is 662. The van der Waals surface area contributed by atoms with Gasteiger partial charge in [0, 0.05) is 13.3 Å². The Morgan fingerprint density at radius 1 is 1.28 bits per heavy atom. The van der Waals surface area contributed by atoms with Crippen molar-refractivity contribution < 1.29 is 8.42 Å². The van der Waals surface area contributed by atoms with Gasteiger partial charge in [0.15, 0.2) is 20.6 Å². The fourth-order valence-electron chi connectivity index (χ4n) is 1.71. The smallest absolute Gasteiger partial charge is 0.182 e. The zero-order valence-corrected chi connectivity index (χ0v) is 10.9. The molecule has 7 heteroatoms. The number of nitrogens with zero attached hydrogens (tertiary/aromatic N) is 2. The number of nitrogens with two attached hydrogens (primary N) is 1. The molecule has 0 unspecified atom stereocenters. The lowest BCUT2D eigenvalue weighted by Gasteiger charge is -2.03. The highest BCUT2D eigenvalue weighted by Crippen LogP contribution is 2.28. The van der Waals surface area contributed by atoms with Gasteiger partial charge < -0.3 is 11.1 Å². The first-order valence-electron chi connectivity index (χ1n) is 5.27. The molecule has 1 aromatic carbocycles. The predicted molar refractivity (Wildman–Crippen MR) is 70.6 cm³/mol. The first kappa shape index (κ1) is 12.4. The number of sulfone groups is 1. The van der Waals surface area contributed by atoms with Crippen LogP contribution in [0.3, 0.4) is 0 Å². The van der Waals surface area contributed by atoms with Crippen molar-refractivity contribution in [2.24, 2.45) is 0 Å². The van der Waals surface area contributed by atoms with E-state index in [1.165, 1.54) is 4.68 Å². The minimum Gasteiger partial charge on any atom is -0.382 e. The lowest BCUT2D eigenvalue weighted by Crippen LogP contribution is -2.05. The number of nitrogens with one attached hydrogen (secondary N) is 1. The highest BCUT2D eigenvalue weighted by Gasteiger charge is 2.23. The summed E-state index contributed by atoms with van der Waals surface area (Å²) < 4.78 is 24.8. The number of hydrogen-bond donors (Lipinski definition) is 2. The van der Waals surface area contributed by atoms with Gasteiger partial charge in [-0.3, -0.25) is 0 Å². The molecule has 0 atom stereocenters. The van der Waals surface area contributed by atoms with Gasteiger partial charge in [0.25, 0.3) is 0 Å². The van der Waals surface area contributed by atoms with Gasteiger partial charge >= 0.3 is 0 Å². The standard InChI is InChI=1S/C11H14N4O2S/c1-13-11-9(18(2,16)17)10(12)15(14-11)8-6-4-3-5-7-8/h3-7H,12H2,1-2H3,(H,13,14). The van der Waals surface area contributed by atoms with Crippen LogP contribution in [0.2, 0.25) is 0 Å². The highest BCUT2D eigenvalue weighted by atomic mass is 32.2. The van der Waals surface area contributed by atoms with Crippen LogP contribution in [0.15, 0.2) is 35.2 Å². The van der Waals surface area contributed by atoms with Crippen LogP contribution in [0.1, 0.15) is 0 Å². The van der Waals surface area contributed by atoms with Crippen molar-refractivity contribution in [3.8, 4) is 5.69 Å². The molecule has 3 N–H and O–H groups in total. The lowest BCUT2D eigenvalue weighted by atomic mass is 10.3. The largest absolute Gasteiger partial charge is 0.382 e. The second kappa shape index (κ2) is 4.34. The van der Waals surface area contributed by atoms with E-state index >= 15 is 0 Å². The van der Waals surface area contributed by atoms with Crippen LogP contribution < -0.4 is 11.1 Å². The Hall–Kier alpha value is -2.02. The van der Waals surface area contributed by atoms with E-state index in [0.717, 1.165) is 6.26 Å². The van der Waals surface area contributed by atoms with Crippen molar-refractivity contribution in [2.75, 3.05) is 24.4 Å². The van der Waals surface area contributed by atoms with Crippen LogP contribution in [0, 0.1) is 0 Å². The lowest BCUT2D eigenvalue weighted by molar-refractivity contribution is 0.602. The molecule has 0 saturated carbocycles. The molecule has 6 nitrogen and oxygen atoms in total. The van der Waals surface area contributed by atoms with Gasteiger partial charge in [0.1, 0.15) is 5.82 Å². The van der Waals surface area contributed by atoms with E-state index in [2.05, 4.69) is 10.4 Å². The number of benzene rings is 1. The molecule has 1 aromatic heterocycles. The molecule has 0 amide bonds. The van der Waals surface area contributed by atoms with Crippen LogP contribution in [0.5, 0.6) is 0 Å². The molecule has 0 fully saturated rings. The van der Waals surface area contributed by atoms with E-state index in [1.807, 2.05) is 18.2 Å². The van der Waals surface area contributed by atoms with Crippen LogP contribution in [-0.2, 0) is 9.84 Å². The third-order valence-corrected chi connectivity index (χ3v) is 3.63. The molecule has 0 spiro atoms. The molecule has 0 aliphatic carbocycles. The van der Waals surface area contributed by atoms with Crippen LogP contribution in [0.4, 0.5) is 11.6 Å². The summed E-state index contributed by atoms with van der Waals surface area (Å²) >= 11 is 0. The molecule has 0 aliphatic heterocycles. The van der Waals surface area contributed by atoms with Crippen LogP contribution in [0.25, 0.3) is 5.69 Å². The molecule has 1 heterocycles. The fraction of sp³-hybridized carbons (Fsp3) is 0.182. The summed E-state index contributed by atoms with van der Waals surface area (Å²) in [7, 11) is -1.83. The maximum atomic E-state index is 11.7. The van der Waals surface area contributed by atoms with Crippen molar-refractivity contribution in [1.29, 1.82) is 0 Å². The zero-order valence-electron chi connectivity index (χ0n) is 10.1. The molecule has 2 aromatic rings. The second-order valence-corrected chi connectivity index (χ2v) is 5.79. The van der Waals surface area contributed by atoms with Gasteiger partial charge in [-0.05, 0) is 12.1 Å². The van der Waals surface area contributed by atoms with E-state index in [0.29, 0.717) is 5.69 Å². The molecular weight excluding hydrogens is 252 g/mol. The summed E-state index contributed by atoms with van der Waals surface area (Å²) in [6.45, 7) is 0. The minimum atomic E-state index is -3.43. The number of aromatic nitrogens is 2. The van der Waals surface area contributed by atoms with Crippen LogP contribution >= 0.6 is 0 Å². The summed E-state index contributed by atoms with van der Waals surface area (Å²) in [5, 5.41) is 6.91. The Labute approximate surface area is 105 Å². The predicted octanol–water partition coefficient (Wildman–Crippen LogP) is 0.900. The molecule has 0 aliphatic rings. The summed E-state index contributed by atoms with van der Waals surface area (Å²) in [5.74, 6) is 0.354. The summed E-state index contributed by atoms with van der Waals surface area (Å²) in [6, 6.07) is 9.12. The summed E-state index contributed by atoms with van der Waals surface area (Å²) in [4.78, 5) is 0.0221. The maximum Gasteiger partial charge on any atom is 0.182 e. The Kier molecular flexibility index (Phi) is 3.00. The van der Waals surface area contributed by atoms with E-state index in [-0.39, 0.29) is 16.5 Å². The molecule has 0 radical (unpaired) electrons. The third-order valence-electron chi connectivity index (χ3n) is 2.48. The van der Waals surface area contributed by atoms with Gasteiger partial charge in [0.05, 0.1) is 5.69 Å². The average Bonchev–Trinajstić information content (AvgIpc) is 2.67. The second-order valence-electron chi connectivity index (χ2n) is 3.83. The number of hydrogen-bond acceptors (Lipinski definition) is 5. The van der Waals surface area contributed by atoms with E-state index < -0.39 is 9.84 Å². The molecule has 2 rings (SSSR count). The van der Waals surface area contributed by atoms with Gasteiger partial charge in [0.2, 0.25) is 0 Å². The maximum absolute atomic E-state index is 11.7. The Morgan fingerprint density at radius 3 is 2.33 bits per heavy atom. The molecule has 18 heavy (non-hydrogen) atoms. The molecule has 0 saturated heterocycles. The first-order valence-corrected chi connectivity index (χ1v) is 7.16. The van der Waals surface area contributed by atoms with Gasteiger partial charge in [-0.25, -0.2) is 13.1 Å². The first-order chi connectivity index (χ1) is 8.45. The van der Waals surface area contributed by atoms with Crippen molar-refractivity contribution in [3.63, 3.8) is 0 Å². The molecule has 0 bridgehead atoms. The topological polar surface area (TPSA) is 90.0 Å². The van der Waals surface area contributed by atoms with Gasteiger partial charge in [-0.2, -0.15) is 0 Å². The van der Waals surface area contributed by atoms with Gasteiger partial charge in [-0.1, -0.05) is 18.2 Å². The van der Waals surface area contributed by atoms with Crippen molar-refractivity contribution in [1.82, 2.24) is 9.78 Å². The number of nitrogen functional groups attached to an aromatic ring is 1. The average molecular weight is 266 g/mol. The summed E-state index contributed by atoms with van der Waals surface area (Å²) in [6.07, 6.45) is 1.11. The normalized spacial score (nSPS) is 11.4. The van der Waals surface area contributed by atoms with E-state index in [9.17, 15) is 8.42 Å². The van der Waals surface area contributed by atoms with Gasteiger partial charge in [-0.15, -0.1) is 5.10 Å². The van der Waals surface area contributed by atoms with Crippen molar-refractivity contribution in [2.45, 2.75) is 4.90 Å². The number of para-hydroxylation sites is 1. The highest BCUT2D eigenvalue weighted by molar-refractivity contribution is 7.91.